The number of nitrogens with two attached hydrogens (primary N) is 1. The Kier molecular flexibility index (Phi) is 4.55. The number of nitrogens with zero attached hydrogens (tertiary/aromatic N) is 2. The Morgan fingerprint density at radius 1 is 1.10 bits per heavy atom. The number of rotatable bonds is 3. The Morgan fingerprint density at radius 3 is 2.20 bits per heavy atom. The fourth-order valence-electron chi connectivity index (χ4n) is 2.53. The van der Waals surface area contributed by atoms with Gasteiger partial charge in [-0.1, -0.05) is 12.8 Å². The van der Waals surface area contributed by atoms with Crippen LogP contribution in [-0.2, 0) is 10.0 Å². The van der Waals surface area contributed by atoms with Crippen LogP contribution in [0.4, 0.5) is 11.4 Å². The number of nitrogen functional groups attached to an aromatic ring is 1. The highest BCUT2D eigenvalue weighted by atomic mass is 32.2. The molecule has 5 nitrogen and oxygen atoms in total. The minimum Gasteiger partial charge on any atom is -0.397 e. The van der Waals surface area contributed by atoms with Crippen LogP contribution in [-0.4, -0.2) is 39.9 Å². The van der Waals surface area contributed by atoms with Gasteiger partial charge >= 0.3 is 0 Å². The molecule has 2 rings (SSSR count). The lowest BCUT2D eigenvalue weighted by atomic mass is 10.2. The van der Waals surface area contributed by atoms with Gasteiger partial charge in [0, 0.05) is 27.2 Å². The van der Waals surface area contributed by atoms with Crippen molar-refractivity contribution in [1.29, 1.82) is 0 Å². The lowest BCUT2D eigenvalue weighted by molar-refractivity contribution is 0.424. The van der Waals surface area contributed by atoms with Gasteiger partial charge < -0.3 is 10.6 Å². The molecule has 0 spiro atoms. The molecule has 0 aromatic heterocycles. The summed E-state index contributed by atoms with van der Waals surface area (Å²) in [5.74, 6) is 0. The molecule has 112 valence electrons. The minimum absolute atomic E-state index is 0.294. The van der Waals surface area contributed by atoms with Gasteiger partial charge in [-0.05, 0) is 31.0 Å². The normalized spacial score (nSPS) is 17.7. The van der Waals surface area contributed by atoms with Gasteiger partial charge in [0.2, 0.25) is 10.0 Å². The van der Waals surface area contributed by atoms with Crippen molar-refractivity contribution in [2.24, 2.45) is 0 Å². The zero-order chi connectivity index (χ0) is 14.8. The summed E-state index contributed by atoms with van der Waals surface area (Å²) >= 11 is 0. The van der Waals surface area contributed by atoms with Crippen LogP contribution in [0.3, 0.4) is 0 Å². The first kappa shape index (κ1) is 15.1. The fraction of sp³-hybridized carbons (Fsp3) is 0.571. The van der Waals surface area contributed by atoms with E-state index in [1.54, 1.807) is 22.5 Å². The molecule has 0 atom stereocenters. The maximum Gasteiger partial charge on any atom is 0.243 e. The van der Waals surface area contributed by atoms with Gasteiger partial charge in [-0.25, -0.2) is 8.42 Å². The second kappa shape index (κ2) is 6.01. The summed E-state index contributed by atoms with van der Waals surface area (Å²) in [4.78, 5) is 2.17. The average molecular weight is 297 g/mol. The third-order valence-electron chi connectivity index (χ3n) is 3.68. The number of benzene rings is 1. The lowest BCUT2D eigenvalue weighted by Crippen LogP contribution is -2.32. The fourth-order valence-corrected chi connectivity index (χ4v) is 4.08. The molecule has 20 heavy (non-hydrogen) atoms. The predicted molar refractivity (Wildman–Crippen MR) is 82.4 cm³/mol. The van der Waals surface area contributed by atoms with E-state index in [1.807, 2.05) is 19.0 Å². The maximum absolute atomic E-state index is 12.6. The quantitative estimate of drug-likeness (QED) is 0.865. The molecule has 0 radical (unpaired) electrons. The highest BCUT2D eigenvalue weighted by Gasteiger charge is 2.25. The summed E-state index contributed by atoms with van der Waals surface area (Å²) in [5, 5.41) is 0. The van der Waals surface area contributed by atoms with Gasteiger partial charge in [-0.15, -0.1) is 0 Å². The minimum atomic E-state index is -3.42. The zero-order valence-corrected chi connectivity index (χ0v) is 13.0. The molecule has 1 saturated heterocycles. The van der Waals surface area contributed by atoms with Gasteiger partial charge in [-0.3, -0.25) is 0 Å². The Bertz CT molecular complexity index is 562. The molecule has 6 heteroatoms. The molecule has 1 aliphatic rings. The number of anilines is 2. The molecule has 0 aliphatic carbocycles. The van der Waals surface area contributed by atoms with Gasteiger partial charge in [0.05, 0.1) is 16.3 Å². The summed E-state index contributed by atoms with van der Waals surface area (Å²) in [6, 6.07) is 4.97. The van der Waals surface area contributed by atoms with Crippen molar-refractivity contribution in [3.63, 3.8) is 0 Å². The third-order valence-corrected chi connectivity index (χ3v) is 5.58. The standard InChI is InChI=1S/C14H23N3O2S/c1-16(2)14-8-7-12(11-13(14)15)20(18,19)17-9-5-3-4-6-10-17/h7-8,11H,3-6,9-10,15H2,1-2H3. The van der Waals surface area contributed by atoms with Crippen LogP contribution in [0.1, 0.15) is 25.7 Å². The molecule has 0 amide bonds. The Morgan fingerprint density at radius 2 is 1.70 bits per heavy atom. The van der Waals surface area contributed by atoms with Crippen molar-refractivity contribution in [2.45, 2.75) is 30.6 Å². The van der Waals surface area contributed by atoms with Crippen molar-refractivity contribution in [3.8, 4) is 0 Å². The van der Waals surface area contributed by atoms with Crippen molar-refractivity contribution in [2.75, 3.05) is 37.8 Å². The first-order valence-electron chi connectivity index (χ1n) is 7.00. The second-order valence-electron chi connectivity index (χ2n) is 5.43. The number of sulfonamides is 1. The highest BCUT2D eigenvalue weighted by Crippen LogP contribution is 2.27. The van der Waals surface area contributed by atoms with E-state index in [9.17, 15) is 8.42 Å². The van der Waals surface area contributed by atoms with E-state index in [2.05, 4.69) is 0 Å². The first-order chi connectivity index (χ1) is 9.43. The molecule has 0 unspecified atom stereocenters. The predicted octanol–water partition coefficient (Wildman–Crippen LogP) is 1.90. The van der Waals surface area contributed by atoms with Gasteiger partial charge in [0.25, 0.3) is 0 Å². The Balaban J connectivity index is 2.31. The van der Waals surface area contributed by atoms with E-state index in [0.29, 0.717) is 23.7 Å². The van der Waals surface area contributed by atoms with E-state index in [0.717, 1.165) is 31.4 Å². The third kappa shape index (κ3) is 3.07. The SMILES string of the molecule is CN(C)c1ccc(S(=O)(=O)N2CCCCCC2)cc1N. The van der Waals surface area contributed by atoms with E-state index in [-0.39, 0.29) is 0 Å². The van der Waals surface area contributed by atoms with E-state index >= 15 is 0 Å². The molecular formula is C14H23N3O2S. The monoisotopic (exact) mass is 297 g/mol. The van der Waals surface area contributed by atoms with Crippen LogP contribution >= 0.6 is 0 Å². The summed E-state index contributed by atoms with van der Waals surface area (Å²) in [5.41, 5.74) is 7.28. The molecule has 0 bridgehead atoms. The van der Waals surface area contributed by atoms with Crippen molar-refractivity contribution < 1.29 is 8.42 Å². The topological polar surface area (TPSA) is 66.6 Å². The molecule has 1 aromatic rings. The molecule has 1 fully saturated rings. The highest BCUT2D eigenvalue weighted by molar-refractivity contribution is 7.89. The van der Waals surface area contributed by atoms with Crippen LogP contribution in [0.5, 0.6) is 0 Å². The molecule has 1 aromatic carbocycles. The van der Waals surface area contributed by atoms with E-state index < -0.39 is 10.0 Å². The Hall–Kier alpha value is -1.27. The Labute approximate surface area is 121 Å². The molecule has 1 heterocycles. The number of hydrogen-bond acceptors (Lipinski definition) is 4. The van der Waals surface area contributed by atoms with Gasteiger partial charge in [0.1, 0.15) is 0 Å². The van der Waals surface area contributed by atoms with Crippen LogP contribution in [0.2, 0.25) is 0 Å². The van der Waals surface area contributed by atoms with Crippen LogP contribution in [0.15, 0.2) is 23.1 Å². The van der Waals surface area contributed by atoms with Crippen molar-refractivity contribution in [3.05, 3.63) is 18.2 Å². The average Bonchev–Trinajstić information content (AvgIpc) is 2.67. The van der Waals surface area contributed by atoms with Crippen molar-refractivity contribution in [1.82, 2.24) is 4.31 Å². The van der Waals surface area contributed by atoms with Crippen LogP contribution in [0, 0.1) is 0 Å². The molecule has 2 N–H and O–H groups in total. The maximum atomic E-state index is 12.6. The zero-order valence-electron chi connectivity index (χ0n) is 12.2. The smallest absolute Gasteiger partial charge is 0.243 e. The summed E-state index contributed by atoms with van der Waals surface area (Å²) in [6.45, 7) is 1.22. The molecule has 0 saturated carbocycles. The summed E-state index contributed by atoms with van der Waals surface area (Å²) < 4.78 is 26.8. The summed E-state index contributed by atoms with van der Waals surface area (Å²) in [6.07, 6.45) is 4.08. The summed E-state index contributed by atoms with van der Waals surface area (Å²) in [7, 11) is 0.352. The van der Waals surface area contributed by atoms with Crippen LogP contribution in [0.25, 0.3) is 0 Å². The van der Waals surface area contributed by atoms with Gasteiger partial charge in [-0.2, -0.15) is 4.31 Å². The van der Waals surface area contributed by atoms with Crippen molar-refractivity contribution >= 4 is 21.4 Å². The molecule has 1 aliphatic heterocycles. The lowest BCUT2D eigenvalue weighted by Gasteiger charge is -2.21. The van der Waals surface area contributed by atoms with E-state index in [1.165, 1.54) is 0 Å². The second-order valence-corrected chi connectivity index (χ2v) is 7.37. The van der Waals surface area contributed by atoms with Crippen LogP contribution < -0.4 is 10.6 Å². The van der Waals surface area contributed by atoms with Gasteiger partial charge in [0.15, 0.2) is 0 Å². The number of hydrogen-bond donors (Lipinski definition) is 1. The first-order valence-corrected chi connectivity index (χ1v) is 8.44. The van der Waals surface area contributed by atoms with E-state index in [4.69, 9.17) is 5.73 Å². The largest absolute Gasteiger partial charge is 0.397 e. The molecular weight excluding hydrogens is 274 g/mol.